The number of ether oxygens (including phenoxy) is 2. The van der Waals surface area contributed by atoms with Gasteiger partial charge < -0.3 is 14.8 Å². The number of benzene rings is 1. The van der Waals surface area contributed by atoms with E-state index in [9.17, 15) is 10.1 Å². The van der Waals surface area contributed by atoms with E-state index in [-0.39, 0.29) is 5.57 Å². The Balaban J connectivity index is 3.00. The van der Waals surface area contributed by atoms with Crippen LogP contribution in [0.4, 0.5) is 0 Å². The highest BCUT2D eigenvalue weighted by Crippen LogP contribution is 2.25. The van der Waals surface area contributed by atoms with Gasteiger partial charge >= 0.3 is 0 Å². The summed E-state index contributed by atoms with van der Waals surface area (Å²) < 4.78 is 11.2. The molecule has 0 heterocycles. The number of carbonyl (C=O) groups is 1. The zero-order chi connectivity index (χ0) is 16.4. The van der Waals surface area contributed by atoms with E-state index in [1.54, 1.807) is 18.2 Å². The molecule has 1 amide bonds. The average Bonchev–Trinajstić information content (AvgIpc) is 2.51. The molecule has 1 rings (SSSR count). The van der Waals surface area contributed by atoms with Crippen molar-refractivity contribution >= 4 is 27.9 Å². The van der Waals surface area contributed by atoms with Crippen molar-refractivity contribution < 1.29 is 14.3 Å². The van der Waals surface area contributed by atoms with Gasteiger partial charge in [0.25, 0.3) is 5.91 Å². The number of rotatable bonds is 8. The van der Waals surface area contributed by atoms with Gasteiger partial charge in [-0.25, -0.2) is 0 Å². The Morgan fingerprint density at radius 1 is 1.55 bits per heavy atom. The van der Waals surface area contributed by atoms with Crippen molar-refractivity contribution in [3.63, 3.8) is 0 Å². The molecule has 116 valence electrons. The van der Waals surface area contributed by atoms with E-state index in [1.807, 2.05) is 12.1 Å². The summed E-state index contributed by atoms with van der Waals surface area (Å²) in [6.07, 6.45) is 3.11. The molecule has 0 aromatic heterocycles. The number of nitriles is 1. The summed E-state index contributed by atoms with van der Waals surface area (Å²) in [5, 5.41) is 11.8. The highest BCUT2D eigenvalue weighted by atomic mass is 79.9. The highest BCUT2D eigenvalue weighted by Gasteiger charge is 2.10. The Morgan fingerprint density at radius 2 is 2.32 bits per heavy atom. The minimum Gasteiger partial charge on any atom is -0.489 e. The number of amides is 1. The molecular weight excluding hydrogens is 348 g/mol. The Hall–Kier alpha value is -2.10. The fourth-order valence-corrected chi connectivity index (χ4v) is 1.96. The molecule has 1 aromatic carbocycles. The van der Waals surface area contributed by atoms with Crippen LogP contribution in [-0.4, -0.2) is 32.8 Å². The summed E-state index contributed by atoms with van der Waals surface area (Å²) in [5.74, 6) is 0.120. The van der Waals surface area contributed by atoms with E-state index in [2.05, 4.69) is 27.8 Å². The SMILES string of the molecule is C=CCOc1ccc(Br)cc1/C=C(\C#N)C(=O)NCCOC. The smallest absolute Gasteiger partial charge is 0.262 e. The van der Waals surface area contributed by atoms with Gasteiger partial charge in [0, 0.05) is 23.7 Å². The van der Waals surface area contributed by atoms with Gasteiger partial charge in [-0.2, -0.15) is 5.26 Å². The Labute approximate surface area is 138 Å². The standard InChI is InChI=1S/C16H17BrN2O3/c1-3-7-22-15-5-4-14(17)10-12(15)9-13(11-18)16(20)19-6-8-21-2/h3-5,9-10H,1,6-8H2,2H3,(H,19,20)/b13-9+. The quantitative estimate of drug-likeness (QED) is 0.333. The number of nitrogens with one attached hydrogen (secondary N) is 1. The zero-order valence-electron chi connectivity index (χ0n) is 12.3. The van der Waals surface area contributed by atoms with Crippen molar-refractivity contribution in [2.45, 2.75) is 0 Å². The van der Waals surface area contributed by atoms with Gasteiger partial charge in [-0.3, -0.25) is 4.79 Å². The zero-order valence-corrected chi connectivity index (χ0v) is 13.9. The summed E-state index contributed by atoms with van der Waals surface area (Å²) in [7, 11) is 1.54. The van der Waals surface area contributed by atoms with E-state index in [0.717, 1.165) is 4.47 Å². The largest absolute Gasteiger partial charge is 0.489 e. The van der Waals surface area contributed by atoms with Gasteiger partial charge in [-0.05, 0) is 24.3 Å². The molecule has 0 aliphatic heterocycles. The van der Waals surface area contributed by atoms with Gasteiger partial charge in [0.15, 0.2) is 0 Å². The molecule has 6 heteroatoms. The lowest BCUT2D eigenvalue weighted by Gasteiger charge is -2.09. The van der Waals surface area contributed by atoms with E-state index in [0.29, 0.717) is 31.1 Å². The van der Waals surface area contributed by atoms with Crippen LogP contribution in [0.2, 0.25) is 0 Å². The van der Waals surface area contributed by atoms with Crippen LogP contribution in [0.1, 0.15) is 5.56 Å². The third-order valence-electron chi connectivity index (χ3n) is 2.59. The van der Waals surface area contributed by atoms with Crippen molar-refractivity contribution in [2.24, 2.45) is 0 Å². The van der Waals surface area contributed by atoms with Crippen molar-refractivity contribution in [3.05, 3.63) is 46.5 Å². The molecule has 0 fully saturated rings. The predicted molar refractivity (Wildman–Crippen MR) is 88.3 cm³/mol. The Kier molecular flexibility index (Phi) is 7.97. The van der Waals surface area contributed by atoms with Crippen LogP contribution >= 0.6 is 15.9 Å². The summed E-state index contributed by atoms with van der Waals surface area (Å²) in [4.78, 5) is 11.9. The van der Waals surface area contributed by atoms with Crippen LogP contribution in [0.15, 0.2) is 40.9 Å². The molecular formula is C16H17BrN2O3. The van der Waals surface area contributed by atoms with Crippen molar-refractivity contribution in [1.29, 1.82) is 5.26 Å². The van der Waals surface area contributed by atoms with Crippen molar-refractivity contribution in [3.8, 4) is 11.8 Å². The summed E-state index contributed by atoms with van der Waals surface area (Å²) in [6, 6.07) is 7.25. The number of halogens is 1. The van der Waals surface area contributed by atoms with Crippen LogP contribution in [0.3, 0.4) is 0 Å². The van der Waals surface area contributed by atoms with E-state index >= 15 is 0 Å². The second kappa shape index (κ2) is 9.77. The molecule has 0 saturated carbocycles. The molecule has 1 aromatic rings. The summed E-state index contributed by atoms with van der Waals surface area (Å²) in [5.41, 5.74) is 0.632. The molecule has 0 aliphatic carbocycles. The Bertz CT molecular complexity index is 606. The molecule has 0 radical (unpaired) electrons. The van der Waals surface area contributed by atoms with Gasteiger partial charge in [-0.1, -0.05) is 28.6 Å². The first-order valence-electron chi connectivity index (χ1n) is 6.54. The number of carbonyl (C=O) groups excluding carboxylic acids is 1. The first-order chi connectivity index (χ1) is 10.6. The fraction of sp³-hybridized carbons (Fsp3) is 0.250. The van der Waals surface area contributed by atoms with Crippen molar-refractivity contribution in [1.82, 2.24) is 5.32 Å². The van der Waals surface area contributed by atoms with Crippen LogP contribution in [0.25, 0.3) is 6.08 Å². The molecule has 1 N–H and O–H groups in total. The van der Waals surface area contributed by atoms with E-state index in [4.69, 9.17) is 9.47 Å². The second-order valence-electron chi connectivity index (χ2n) is 4.20. The number of methoxy groups -OCH3 is 1. The van der Waals surface area contributed by atoms with Crippen LogP contribution in [-0.2, 0) is 9.53 Å². The highest BCUT2D eigenvalue weighted by molar-refractivity contribution is 9.10. The third kappa shape index (κ3) is 5.72. The number of hydrogen-bond acceptors (Lipinski definition) is 4. The topological polar surface area (TPSA) is 71.3 Å². The molecule has 0 bridgehead atoms. The van der Waals surface area contributed by atoms with Crippen LogP contribution < -0.4 is 10.1 Å². The minimum atomic E-state index is -0.450. The molecule has 0 atom stereocenters. The molecule has 0 saturated heterocycles. The average molecular weight is 365 g/mol. The third-order valence-corrected chi connectivity index (χ3v) is 3.08. The molecule has 22 heavy (non-hydrogen) atoms. The van der Waals surface area contributed by atoms with Crippen molar-refractivity contribution in [2.75, 3.05) is 26.9 Å². The normalized spacial score (nSPS) is 10.7. The van der Waals surface area contributed by atoms with Crippen LogP contribution in [0, 0.1) is 11.3 Å². The first-order valence-corrected chi connectivity index (χ1v) is 7.33. The monoisotopic (exact) mass is 364 g/mol. The maximum absolute atomic E-state index is 11.9. The summed E-state index contributed by atoms with van der Waals surface area (Å²) in [6.45, 7) is 4.65. The molecule has 0 spiro atoms. The van der Waals surface area contributed by atoms with Gasteiger partial charge in [0.05, 0.1) is 6.61 Å². The number of nitrogens with zero attached hydrogens (tertiary/aromatic N) is 1. The maximum atomic E-state index is 11.9. The van der Waals surface area contributed by atoms with Gasteiger partial charge in [-0.15, -0.1) is 0 Å². The second-order valence-corrected chi connectivity index (χ2v) is 5.12. The Morgan fingerprint density at radius 3 is 2.95 bits per heavy atom. The summed E-state index contributed by atoms with van der Waals surface area (Å²) >= 11 is 3.36. The first kappa shape index (κ1) is 18.0. The lowest BCUT2D eigenvalue weighted by molar-refractivity contribution is -0.117. The van der Waals surface area contributed by atoms with Crippen LogP contribution in [0.5, 0.6) is 5.75 Å². The maximum Gasteiger partial charge on any atom is 0.262 e. The molecule has 0 aliphatic rings. The lowest BCUT2D eigenvalue weighted by atomic mass is 10.1. The predicted octanol–water partition coefficient (Wildman–Crippen LogP) is 2.68. The van der Waals surface area contributed by atoms with E-state index < -0.39 is 5.91 Å². The number of hydrogen-bond donors (Lipinski definition) is 1. The van der Waals surface area contributed by atoms with Gasteiger partial charge in [0.2, 0.25) is 0 Å². The fourth-order valence-electron chi connectivity index (χ4n) is 1.58. The molecule has 5 nitrogen and oxygen atoms in total. The van der Waals surface area contributed by atoms with Gasteiger partial charge in [0.1, 0.15) is 24.0 Å². The molecule has 0 unspecified atom stereocenters. The van der Waals surface area contributed by atoms with E-state index in [1.165, 1.54) is 13.2 Å². The minimum absolute atomic E-state index is 0.00217. The lowest BCUT2D eigenvalue weighted by Crippen LogP contribution is -2.27.